The molecule has 0 amide bonds. The first-order valence-electron chi connectivity index (χ1n) is 5.84. The Morgan fingerprint density at radius 3 is 2.47 bits per heavy atom. The lowest BCUT2D eigenvalue weighted by molar-refractivity contribution is 0.0698. The number of aromatic carboxylic acids is 1. The topological polar surface area (TPSA) is 49.3 Å². The molecule has 0 radical (unpaired) electrons. The molecular weight excluding hydrogens is 262 g/mol. The van der Waals surface area contributed by atoms with Gasteiger partial charge in [-0.05, 0) is 55.3 Å². The highest BCUT2D eigenvalue weighted by Crippen LogP contribution is 2.25. The van der Waals surface area contributed by atoms with E-state index >= 15 is 0 Å². The second-order valence-corrected chi connectivity index (χ2v) is 4.86. The van der Waals surface area contributed by atoms with Gasteiger partial charge in [0.2, 0.25) is 0 Å². The molecule has 19 heavy (non-hydrogen) atoms. The van der Waals surface area contributed by atoms with Gasteiger partial charge in [-0.1, -0.05) is 17.7 Å². The summed E-state index contributed by atoms with van der Waals surface area (Å²) in [5.41, 5.74) is 3.88. The van der Waals surface area contributed by atoms with Crippen LogP contribution in [0.5, 0.6) is 0 Å². The molecule has 0 saturated heterocycles. The molecule has 0 fully saturated rings. The number of carboxylic acids is 1. The first-order valence-corrected chi connectivity index (χ1v) is 6.22. The standard InChI is InChI=1S/C15H14ClNO2/c1-9-3-5-12(7-10(9)2)17-14-6-4-11(16)8-13(14)15(18)19/h3-8,17H,1-2H3,(H,18,19). The van der Waals surface area contributed by atoms with Crippen molar-refractivity contribution in [2.45, 2.75) is 13.8 Å². The first kappa shape index (κ1) is 13.4. The van der Waals surface area contributed by atoms with Gasteiger partial charge in [0.1, 0.15) is 0 Å². The molecule has 0 aliphatic heterocycles. The lowest BCUT2D eigenvalue weighted by atomic mass is 10.1. The van der Waals surface area contributed by atoms with E-state index in [0.717, 1.165) is 11.3 Å². The summed E-state index contributed by atoms with van der Waals surface area (Å²) >= 11 is 5.82. The average Bonchev–Trinajstić information content (AvgIpc) is 2.36. The van der Waals surface area contributed by atoms with E-state index in [9.17, 15) is 4.79 Å². The number of anilines is 2. The molecule has 0 bridgehead atoms. The molecule has 0 unspecified atom stereocenters. The quantitative estimate of drug-likeness (QED) is 0.873. The maximum absolute atomic E-state index is 11.2. The van der Waals surface area contributed by atoms with Gasteiger partial charge < -0.3 is 10.4 Å². The van der Waals surface area contributed by atoms with Crippen LogP contribution in [0.4, 0.5) is 11.4 Å². The molecule has 0 aliphatic rings. The summed E-state index contributed by atoms with van der Waals surface area (Å²) in [5, 5.41) is 12.7. The van der Waals surface area contributed by atoms with Gasteiger partial charge in [-0.3, -0.25) is 0 Å². The Bertz CT molecular complexity index is 638. The first-order chi connectivity index (χ1) is 8.97. The van der Waals surface area contributed by atoms with Gasteiger partial charge in [-0.25, -0.2) is 4.79 Å². The summed E-state index contributed by atoms with van der Waals surface area (Å²) in [7, 11) is 0. The van der Waals surface area contributed by atoms with Crippen LogP contribution in [0.2, 0.25) is 5.02 Å². The minimum atomic E-state index is -1.01. The summed E-state index contributed by atoms with van der Waals surface area (Å²) < 4.78 is 0. The molecule has 2 N–H and O–H groups in total. The van der Waals surface area contributed by atoms with Gasteiger partial charge in [0.15, 0.2) is 0 Å². The molecule has 2 rings (SSSR count). The van der Waals surface area contributed by atoms with Crippen molar-refractivity contribution in [2.24, 2.45) is 0 Å². The van der Waals surface area contributed by atoms with Gasteiger partial charge in [0, 0.05) is 10.7 Å². The molecule has 4 heteroatoms. The van der Waals surface area contributed by atoms with Crippen molar-refractivity contribution in [2.75, 3.05) is 5.32 Å². The van der Waals surface area contributed by atoms with Crippen molar-refractivity contribution in [1.29, 1.82) is 0 Å². The number of benzene rings is 2. The van der Waals surface area contributed by atoms with E-state index in [0.29, 0.717) is 10.7 Å². The van der Waals surface area contributed by atoms with Gasteiger partial charge in [-0.2, -0.15) is 0 Å². The molecule has 0 aliphatic carbocycles. The van der Waals surface area contributed by atoms with Gasteiger partial charge in [0.05, 0.1) is 11.3 Å². The Kier molecular flexibility index (Phi) is 3.76. The summed E-state index contributed by atoms with van der Waals surface area (Å²) in [6.45, 7) is 4.05. The fourth-order valence-corrected chi connectivity index (χ4v) is 1.95. The molecule has 0 heterocycles. The normalized spacial score (nSPS) is 10.3. The minimum Gasteiger partial charge on any atom is -0.478 e. The van der Waals surface area contributed by atoms with Gasteiger partial charge >= 0.3 is 5.97 Å². The molecule has 98 valence electrons. The zero-order valence-corrected chi connectivity index (χ0v) is 11.5. The van der Waals surface area contributed by atoms with E-state index < -0.39 is 5.97 Å². The summed E-state index contributed by atoms with van der Waals surface area (Å²) in [4.78, 5) is 11.2. The molecule has 3 nitrogen and oxygen atoms in total. The molecule has 0 aromatic heterocycles. The molecule has 2 aromatic rings. The maximum Gasteiger partial charge on any atom is 0.337 e. The highest BCUT2D eigenvalue weighted by molar-refractivity contribution is 6.31. The van der Waals surface area contributed by atoms with Gasteiger partial charge in [0.25, 0.3) is 0 Å². The maximum atomic E-state index is 11.2. The summed E-state index contributed by atoms with van der Waals surface area (Å²) in [6, 6.07) is 10.7. The Labute approximate surface area is 116 Å². The van der Waals surface area contributed by atoms with E-state index in [1.807, 2.05) is 32.0 Å². The second kappa shape index (κ2) is 5.33. The fraction of sp³-hybridized carbons (Fsp3) is 0.133. The molecule has 2 aromatic carbocycles. The van der Waals surface area contributed by atoms with Crippen molar-refractivity contribution in [3.05, 3.63) is 58.1 Å². The lowest BCUT2D eigenvalue weighted by Gasteiger charge is -2.11. The van der Waals surface area contributed by atoms with Crippen molar-refractivity contribution in [1.82, 2.24) is 0 Å². The van der Waals surface area contributed by atoms with Crippen LogP contribution in [0.25, 0.3) is 0 Å². The number of nitrogens with one attached hydrogen (secondary N) is 1. The van der Waals surface area contributed by atoms with Crippen molar-refractivity contribution < 1.29 is 9.90 Å². The zero-order valence-electron chi connectivity index (χ0n) is 10.7. The number of carbonyl (C=O) groups is 1. The molecular formula is C15H14ClNO2. The van der Waals surface area contributed by atoms with Gasteiger partial charge in [-0.15, -0.1) is 0 Å². The Hall–Kier alpha value is -2.00. The highest BCUT2D eigenvalue weighted by Gasteiger charge is 2.11. The third-order valence-electron chi connectivity index (χ3n) is 3.00. The van der Waals surface area contributed by atoms with Crippen LogP contribution in [0, 0.1) is 13.8 Å². The summed E-state index contributed by atoms with van der Waals surface area (Å²) in [5.74, 6) is -1.01. The summed E-state index contributed by atoms with van der Waals surface area (Å²) in [6.07, 6.45) is 0. The van der Waals surface area contributed by atoms with E-state index in [1.54, 1.807) is 12.1 Å². The van der Waals surface area contributed by atoms with Crippen molar-refractivity contribution >= 4 is 28.9 Å². The van der Waals surface area contributed by atoms with E-state index in [1.165, 1.54) is 11.6 Å². The SMILES string of the molecule is Cc1ccc(Nc2ccc(Cl)cc2C(=O)O)cc1C. The number of halogens is 1. The Morgan fingerprint density at radius 1 is 1.11 bits per heavy atom. The average molecular weight is 276 g/mol. The number of aryl methyl sites for hydroxylation is 2. The highest BCUT2D eigenvalue weighted by atomic mass is 35.5. The lowest BCUT2D eigenvalue weighted by Crippen LogP contribution is -2.02. The van der Waals surface area contributed by atoms with Crippen molar-refractivity contribution in [3.8, 4) is 0 Å². The van der Waals surface area contributed by atoms with Crippen LogP contribution >= 0.6 is 11.6 Å². The van der Waals surface area contributed by atoms with Crippen LogP contribution in [0.1, 0.15) is 21.5 Å². The van der Waals surface area contributed by atoms with Crippen LogP contribution < -0.4 is 5.32 Å². The predicted molar refractivity (Wildman–Crippen MR) is 77.6 cm³/mol. The second-order valence-electron chi connectivity index (χ2n) is 4.42. The smallest absolute Gasteiger partial charge is 0.337 e. The number of rotatable bonds is 3. The molecule has 0 atom stereocenters. The van der Waals surface area contributed by atoms with E-state index in [2.05, 4.69) is 5.32 Å². The van der Waals surface area contributed by atoms with Crippen LogP contribution in [0.3, 0.4) is 0 Å². The van der Waals surface area contributed by atoms with Crippen LogP contribution in [0.15, 0.2) is 36.4 Å². The third kappa shape index (κ3) is 3.06. The Morgan fingerprint density at radius 2 is 1.84 bits per heavy atom. The monoisotopic (exact) mass is 275 g/mol. The third-order valence-corrected chi connectivity index (χ3v) is 3.23. The van der Waals surface area contributed by atoms with Crippen LogP contribution in [-0.4, -0.2) is 11.1 Å². The number of hydrogen-bond acceptors (Lipinski definition) is 2. The predicted octanol–water partition coefficient (Wildman–Crippen LogP) is 4.40. The van der Waals surface area contributed by atoms with Crippen LogP contribution in [-0.2, 0) is 0 Å². The van der Waals surface area contributed by atoms with E-state index in [4.69, 9.17) is 16.7 Å². The molecule has 0 spiro atoms. The minimum absolute atomic E-state index is 0.158. The van der Waals surface area contributed by atoms with Crippen molar-refractivity contribution in [3.63, 3.8) is 0 Å². The molecule has 0 saturated carbocycles. The largest absolute Gasteiger partial charge is 0.478 e. The number of hydrogen-bond donors (Lipinski definition) is 2. The fourth-order valence-electron chi connectivity index (χ4n) is 1.78. The zero-order chi connectivity index (χ0) is 14.0. The Balaban J connectivity index is 2.37. The van der Waals surface area contributed by atoms with E-state index in [-0.39, 0.29) is 5.56 Å². The number of carboxylic acid groups (broad SMARTS) is 1.